The Morgan fingerprint density at radius 3 is 3.00 bits per heavy atom. The van der Waals surface area contributed by atoms with Gasteiger partial charge in [0.15, 0.2) is 0 Å². The van der Waals surface area contributed by atoms with E-state index in [1.807, 2.05) is 0 Å². The molecule has 2 heterocycles. The number of aliphatic hydroxyl groups is 1. The number of terminal acetylenes is 1. The second kappa shape index (κ2) is 5.21. The summed E-state index contributed by atoms with van der Waals surface area (Å²) in [4.78, 5) is 24.9. The lowest BCUT2D eigenvalue weighted by Crippen LogP contribution is -2.33. The van der Waals surface area contributed by atoms with Crippen molar-refractivity contribution in [2.75, 3.05) is 6.61 Å². The average molecular weight is 250 g/mol. The standard InChI is InChI=1S/C12H14N2O4/c1-2-3-8-6-9(7-15)18-11(8)14-5-4-10(16)13-12(14)17/h1,4-5,8-9,11,15H,3,6-7H2,(H,13,16,17)/t8-,9+,11-/m1/s1. The maximum absolute atomic E-state index is 11.7. The quantitative estimate of drug-likeness (QED) is 0.705. The van der Waals surface area contributed by atoms with Crippen LogP contribution in [0, 0.1) is 18.3 Å². The van der Waals surface area contributed by atoms with Crippen molar-refractivity contribution in [3.63, 3.8) is 0 Å². The lowest BCUT2D eigenvalue weighted by atomic mass is 10.00. The summed E-state index contributed by atoms with van der Waals surface area (Å²) < 4.78 is 6.88. The Morgan fingerprint density at radius 2 is 2.39 bits per heavy atom. The third-order valence-corrected chi connectivity index (χ3v) is 3.01. The largest absolute Gasteiger partial charge is 0.394 e. The van der Waals surface area contributed by atoms with Crippen molar-refractivity contribution < 1.29 is 9.84 Å². The minimum atomic E-state index is -0.539. The zero-order valence-electron chi connectivity index (χ0n) is 9.70. The smallest absolute Gasteiger partial charge is 0.330 e. The molecule has 1 aromatic rings. The van der Waals surface area contributed by atoms with Gasteiger partial charge in [-0.2, -0.15) is 0 Å². The van der Waals surface area contributed by atoms with Crippen molar-refractivity contribution in [3.05, 3.63) is 33.1 Å². The Kier molecular flexibility index (Phi) is 3.65. The van der Waals surface area contributed by atoms with Gasteiger partial charge in [0.05, 0.1) is 12.7 Å². The van der Waals surface area contributed by atoms with Gasteiger partial charge < -0.3 is 9.84 Å². The topological polar surface area (TPSA) is 84.3 Å². The Bertz CT molecular complexity index is 568. The molecule has 0 bridgehead atoms. The molecule has 1 aliphatic heterocycles. The Labute approximate surface area is 103 Å². The first kappa shape index (κ1) is 12.6. The Hall–Kier alpha value is -1.84. The van der Waals surface area contributed by atoms with Crippen LogP contribution >= 0.6 is 0 Å². The summed E-state index contributed by atoms with van der Waals surface area (Å²) in [5.74, 6) is 2.49. The Morgan fingerprint density at radius 1 is 1.61 bits per heavy atom. The summed E-state index contributed by atoms with van der Waals surface area (Å²) >= 11 is 0. The molecule has 2 N–H and O–H groups in total. The molecule has 0 amide bonds. The van der Waals surface area contributed by atoms with Crippen molar-refractivity contribution in [1.29, 1.82) is 0 Å². The summed E-state index contributed by atoms with van der Waals surface area (Å²) in [6.45, 7) is -0.115. The van der Waals surface area contributed by atoms with Gasteiger partial charge in [-0.3, -0.25) is 14.3 Å². The highest BCUT2D eigenvalue weighted by Crippen LogP contribution is 2.35. The summed E-state index contributed by atoms with van der Waals surface area (Å²) in [6, 6.07) is 1.25. The third kappa shape index (κ3) is 2.37. The van der Waals surface area contributed by atoms with Crippen molar-refractivity contribution in [2.45, 2.75) is 25.2 Å². The zero-order chi connectivity index (χ0) is 13.1. The number of H-pyrrole nitrogens is 1. The van der Waals surface area contributed by atoms with Crippen molar-refractivity contribution in [1.82, 2.24) is 9.55 Å². The fourth-order valence-electron chi connectivity index (χ4n) is 2.19. The predicted molar refractivity (Wildman–Crippen MR) is 63.9 cm³/mol. The second-order valence-corrected chi connectivity index (χ2v) is 4.25. The summed E-state index contributed by atoms with van der Waals surface area (Å²) in [5.41, 5.74) is -0.991. The van der Waals surface area contributed by atoms with Crippen LogP contribution in [0.25, 0.3) is 0 Å². The van der Waals surface area contributed by atoms with E-state index in [0.29, 0.717) is 12.8 Å². The molecule has 6 heteroatoms. The van der Waals surface area contributed by atoms with E-state index in [2.05, 4.69) is 10.9 Å². The minimum absolute atomic E-state index is 0.0456. The van der Waals surface area contributed by atoms with Gasteiger partial charge in [-0.15, -0.1) is 12.3 Å². The molecule has 1 fully saturated rings. The van der Waals surface area contributed by atoms with E-state index >= 15 is 0 Å². The number of aromatic nitrogens is 2. The number of hydrogen-bond donors (Lipinski definition) is 2. The minimum Gasteiger partial charge on any atom is -0.394 e. The molecule has 0 saturated carbocycles. The monoisotopic (exact) mass is 250 g/mol. The highest BCUT2D eigenvalue weighted by Gasteiger charge is 2.35. The van der Waals surface area contributed by atoms with Crippen molar-refractivity contribution in [3.8, 4) is 12.3 Å². The molecule has 0 aliphatic carbocycles. The summed E-state index contributed by atoms with van der Waals surface area (Å²) in [5, 5.41) is 9.11. The van der Waals surface area contributed by atoms with Crippen LogP contribution in [0.2, 0.25) is 0 Å². The van der Waals surface area contributed by atoms with Gasteiger partial charge in [-0.1, -0.05) is 0 Å². The molecule has 1 aromatic heterocycles. The highest BCUT2D eigenvalue weighted by molar-refractivity contribution is 4.94. The van der Waals surface area contributed by atoms with Crippen LogP contribution in [0.3, 0.4) is 0 Å². The lowest BCUT2D eigenvalue weighted by Gasteiger charge is -2.18. The summed E-state index contributed by atoms with van der Waals surface area (Å²) in [6.07, 6.45) is 6.85. The summed E-state index contributed by atoms with van der Waals surface area (Å²) in [7, 11) is 0. The molecule has 0 spiro atoms. The SMILES string of the molecule is C#CC[C@@H]1C[C@@H](CO)O[C@H]1n1ccc(=O)[nH]c1=O. The van der Waals surface area contributed by atoms with Gasteiger partial charge in [0.25, 0.3) is 5.56 Å². The molecule has 2 rings (SSSR count). The average Bonchev–Trinajstić information content (AvgIpc) is 2.73. The number of rotatable bonds is 3. The molecule has 6 nitrogen and oxygen atoms in total. The van der Waals surface area contributed by atoms with Gasteiger partial charge in [-0.25, -0.2) is 4.79 Å². The molecular formula is C12H14N2O4. The first-order valence-electron chi connectivity index (χ1n) is 5.67. The number of nitrogens with zero attached hydrogens (tertiary/aromatic N) is 1. The van der Waals surface area contributed by atoms with Gasteiger partial charge in [0, 0.05) is 24.6 Å². The van der Waals surface area contributed by atoms with Crippen LogP contribution in [0.5, 0.6) is 0 Å². The molecule has 1 saturated heterocycles. The number of aromatic amines is 1. The molecule has 96 valence electrons. The molecule has 1 aliphatic rings. The Balaban J connectivity index is 2.33. The van der Waals surface area contributed by atoms with Crippen LogP contribution in [-0.4, -0.2) is 27.4 Å². The van der Waals surface area contributed by atoms with Crippen molar-refractivity contribution >= 4 is 0 Å². The molecule has 0 aromatic carbocycles. The predicted octanol–water partition coefficient (Wildman–Crippen LogP) is -0.544. The number of aliphatic hydroxyl groups excluding tert-OH is 1. The highest BCUT2D eigenvalue weighted by atomic mass is 16.5. The maximum Gasteiger partial charge on any atom is 0.330 e. The third-order valence-electron chi connectivity index (χ3n) is 3.01. The van der Waals surface area contributed by atoms with Crippen LogP contribution in [-0.2, 0) is 4.74 Å². The molecule has 0 unspecified atom stereocenters. The first-order valence-corrected chi connectivity index (χ1v) is 5.67. The van der Waals surface area contributed by atoms with Gasteiger partial charge >= 0.3 is 5.69 Å². The molecular weight excluding hydrogens is 236 g/mol. The normalized spacial score (nSPS) is 27.0. The lowest BCUT2D eigenvalue weighted by molar-refractivity contribution is -0.0349. The van der Waals surface area contributed by atoms with E-state index in [-0.39, 0.29) is 18.6 Å². The fraction of sp³-hybridized carbons (Fsp3) is 0.500. The van der Waals surface area contributed by atoms with E-state index < -0.39 is 17.5 Å². The van der Waals surface area contributed by atoms with Gasteiger partial charge in [0.2, 0.25) is 0 Å². The van der Waals surface area contributed by atoms with Crippen LogP contribution in [0.1, 0.15) is 19.1 Å². The van der Waals surface area contributed by atoms with Gasteiger partial charge in [0.1, 0.15) is 6.23 Å². The van der Waals surface area contributed by atoms with E-state index in [0.717, 1.165) is 0 Å². The van der Waals surface area contributed by atoms with Crippen LogP contribution in [0.15, 0.2) is 21.9 Å². The van der Waals surface area contributed by atoms with E-state index in [1.165, 1.54) is 16.8 Å². The molecule has 0 radical (unpaired) electrons. The first-order chi connectivity index (χ1) is 8.65. The number of nitrogens with one attached hydrogen (secondary N) is 1. The van der Waals surface area contributed by atoms with E-state index in [9.17, 15) is 9.59 Å². The van der Waals surface area contributed by atoms with E-state index in [1.54, 1.807) is 0 Å². The molecule has 18 heavy (non-hydrogen) atoms. The zero-order valence-corrected chi connectivity index (χ0v) is 9.70. The number of ether oxygens (including phenoxy) is 1. The molecule has 3 atom stereocenters. The van der Waals surface area contributed by atoms with Crippen molar-refractivity contribution in [2.24, 2.45) is 5.92 Å². The number of hydrogen-bond acceptors (Lipinski definition) is 4. The van der Waals surface area contributed by atoms with E-state index in [4.69, 9.17) is 16.3 Å². The van der Waals surface area contributed by atoms with Gasteiger partial charge in [-0.05, 0) is 6.42 Å². The maximum atomic E-state index is 11.7. The van der Waals surface area contributed by atoms with Crippen LogP contribution < -0.4 is 11.2 Å². The fourth-order valence-corrected chi connectivity index (χ4v) is 2.19. The second-order valence-electron chi connectivity index (χ2n) is 4.25. The van der Waals surface area contributed by atoms with Crippen LogP contribution in [0.4, 0.5) is 0 Å².